The highest BCUT2D eigenvalue weighted by molar-refractivity contribution is 7.89. The largest absolute Gasteiger partial charge is 0.490 e. The molecule has 37 heavy (non-hydrogen) atoms. The number of carboxylic acid groups (broad SMARTS) is 1. The van der Waals surface area contributed by atoms with Gasteiger partial charge in [0.1, 0.15) is 0 Å². The first-order valence-corrected chi connectivity index (χ1v) is 13.4. The third-order valence-corrected chi connectivity index (χ3v) is 7.87. The minimum atomic E-state index is -5.08. The number of rotatable bonds is 9. The molecule has 0 spiro atoms. The molecule has 1 aromatic rings. The van der Waals surface area contributed by atoms with Crippen molar-refractivity contribution in [1.82, 2.24) is 19.4 Å². The zero-order chi connectivity index (χ0) is 27.6. The van der Waals surface area contributed by atoms with E-state index in [4.69, 9.17) is 9.90 Å². The predicted octanol–water partition coefficient (Wildman–Crippen LogP) is 1.45. The van der Waals surface area contributed by atoms with Crippen LogP contribution in [-0.2, 0) is 24.4 Å². The molecule has 0 aromatic heterocycles. The Bertz CT molecular complexity index is 1030. The average molecular weight is 551 g/mol. The summed E-state index contributed by atoms with van der Waals surface area (Å²) in [5, 5.41) is 10.3. The minimum absolute atomic E-state index is 0.0182. The Morgan fingerprint density at radius 2 is 1.68 bits per heavy atom. The lowest BCUT2D eigenvalue weighted by atomic mass is 10.2. The Labute approximate surface area is 214 Å². The summed E-state index contributed by atoms with van der Waals surface area (Å²) in [4.78, 5) is 37.1. The number of nitrogens with zero attached hydrogens (tertiary/aromatic N) is 3. The lowest BCUT2D eigenvalue weighted by Crippen LogP contribution is -2.47. The molecule has 2 heterocycles. The van der Waals surface area contributed by atoms with Gasteiger partial charge in [-0.15, -0.1) is 0 Å². The molecule has 14 heteroatoms. The van der Waals surface area contributed by atoms with Crippen LogP contribution in [0.2, 0.25) is 0 Å². The van der Waals surface area contributed by atoms with E-state index in [0.29, 0.717) is 32.5 Å². The number of aryl methyl sites for hydroxylation is 1. The number of aliphatic carboxylic acids is 1. The molecule has 0 atom stereocenters. The van der Waals surface area contributed by atoms with Crippen LogP contribution < -0.4 is 5.32 Å². The van der Waals surface area contributed by atoms with Gasteiger partial charge in [0.2, 0.25) is 21.8 Å². The number of carbonyl (C=O) groups is 3. The summed E-state index contributed by atoms with van der Waals surface area (Å²) in [6.07, 6.45) is -2.93. The third kappa shape index (κ3) is 9.59. The van der Waals surface area contributed by atoms with Crippen molar-refractivity contribution in [2.75, 3.05) is 52.4 Å². The first-order chi connectivity index (χ1) is 17.3. The fourth-order valence-electron chi connectivity index (χ4n) is 3.88. The van der Waals surface area contributed by atoms with Crippen molar-refractivity contribution in [3.05, 3.63) is 29.8 Å². The summed E-state index contributed by atoms with van der Waals surface area (Å²) >= 11 is 0. The van der Waals surface area contributed by atoms with Crippen molar-refractivity contribution in [1.29, 1.82) is 0 Å². The summed E-state index contributed by atoms with van der Waals surface area (Å²) in [5.41, 5.74) is 0.988. The molecule has 3 rings (SSSR count). The number of nitrogens with one attached hydrogen (secondary N) is 1. The highest BCUT2D eigenvalue weighted by Gasteiger charge is 2.38. The molecule has 2 fully saturated rings. The standard InChI is InChI=1S/C21H32N4O4S.C2HF3O2/c1-18-5-7-19(8-6-18)30(28,29)25(14-3-13-23-12-2-4-20(23)26)15-9-21(27)24-16-10-22-11-17-24;3-2(4,5)1(6)7/h5-8,22H,2-4,9-17H2,1H3;(H,6,7). The molecule has 0 saturated carbocycles. The molecule has 0 bridgehead atoms. The second kappa shape index (κ2) is 13.7. The number of hydrogen-bond acceptors (Lipinski definition) is 6. The molecule has 2 N–H and O–H groups in total. The second-order valence-electron chi connectivity index (χ2n) is 8.74. The Hall–Kier alpha value is -2.71. The third-order valence-electron chi connectivity index (χ3n) is 5.95. The number of benzene rings is 1. The first kappa shape index (κ1) is 30.5. The van der Waals surface area contributed by atoms with Gasteiger partial charge in [-0.25, -0.2) is 13.2 Å². The van der Waals surface area contributed by atoms with Gasteiger partial charge in [0.25, 0.3) is 0 Å². The van der Waals surface area contributed by atoms with Crippen LogP contribution in [-0.4, -0.2) is 104 Å². The van der Waals surface area contributed by atoms with E-state index in [0.717, 1.165) is 31.6 Å². The van der Waals surface area contributed by atoms with E-state index < -0.39 is 22.2 Å². The number of carboxylic acids is 1. The van der Waals surface area contributed by atoms with Gasteiger partial charge in [0, 0.05) is 65.2 Å². The van der Waals surface area contributed by atoms with Crippen LogP contribution in [0, 0.1) is 6.92 Å². The maximum atomic E-state index is 13.2. The maximum Gasteiger partial charge on any atom is 0.490 e. The number of sulfonamides is 1. The van der Waals surface area contributed by atoms with Gasteiger partial charge in [-0.3, -0.25) is 9.59 Å². The van der Waals surface area contributed by atoms with E-state index >= 15 is 0 Å². The number of hydrogen-bond donors (Lipinski definition) is 2. The number of halogens is 3. The number of alkyl halides is 3. The summed E-state index contributed by atoms with van der Waals surface area (Å²) in [6, 6.07) is 6.78. The van der Waals surface area contributed by atoms with E-state index in [1.165, 1.54) is 4.31 Å². The van der Waals surface area contributed by atoms with Crippen LogP contribution in [0.5, 0.6) is 0 Å². The Morgan fingerprint density at radius 3 is 2.19 bits per heavy atom. The Balaban J connectivity index is 0.000000604. The first-order valence-electron chi connectivity index (χ1n) is 12.0. The van der Waals surface area contributed by atoms with Gasteiger partial charge in [-0.1, -0.05) is 17.7 Å². The smallest absolute Gasteiger partial charge is 0.475 e. The summed E-state index contributed by atoms with van der Waals surface area (Å²) in [7, 11) is -3.71. The number of piperazine rings is 1. The zero-order valence-electron chi connectivity index (χ0n) is 20.7. The molecular formula is C23H33F3N4O6S. The van der Waals surface area contributed by atoms with Gasteiger partial charge >= 0.3 is 12.1 Å². The van der Waals surface area contributed by atoms with Crippen LogP contribution in [0.3, 0.4) is 0 Å². The average Bonchev–Trinajstić information content (AvgIpc) is 3.26. The molecule has 2 saturated heterocycles. The summed E-state index contributed by atoms with van der Waals surface area (Å²) < 4.78 is 59.6. The lowest BCUT2D eigenvalue weighted by Gasteiger charge is -2.29. The fourth-order valence-corrected chi connectivity index (χ4v) is 5.36. The van der Waals surface area contributed by atoms with E-state index in [9.17, 15) is 31.2 Å². The van der Waals surface area contributed by atoms with Crippen molar-refractivity contribution < 1.29 is 41.1 Å². The molecule has 1 aromatic carbocycles. The van der Waals surface area contributed by atoms with E-state index in [1.807, 2.05) is 6.92 Å². The van der Waals surface area contributed by atoms with Crippen molar-refractivity contribution in [2.45, 2.75) is 43.7 Å². The normalized spacial score (nSPS) is 16.5. The molecule has 2 aliphatic rings. The topological polar surface area (TPSA) is 127 Å². The van der Waals surface area contributed by atoms with Gasteiger partial charge in [0.15, 0.2) is 0 Å². The molecule has 0 aliphatic carbocycles. The highest BCUT2D eigenvalue weighted by atomic mass is 32.2. The van der Waals surface area contributed by atoms with Gasteiger partial charge < -0.3 is 20.2 Å². The molecule has 208 valence electrons. The fraction of sp³-hybridized carbons (Fsp3) is 0.609. The van der Waals surface area contributed by atoms with Crippen LogP contribution >= 0.6 is 0 Å². The number of amides is 2. The summed E-state index contributed by atoms with van der Waals surface area (Å²) in [6.45, 7) is 6.47. The predicted molar refractivity (Wildman–Crippen MR) is 128 cm³/mol. The molecule has 0 unspecified atom stereocenters. The van der Waals surface area contributed by atoms with Crippen LogP contribution in [0.1, 0.15) is 31.2 Å². The van der Waals surface area contributed by atoms with Crippen LogP contribution in [0.25, 0.3) is 0 Å². The quantitative estimate of drug-likeness (QED) is 0.477. The van der Waals surface area contributed by atoms with Crippen molar-refractivity contribution >= 4 is 27.8 Å². The van der Waals surface area contributed by atoms with Crippen molar-refractivity contribution in [3.8, 4) is 0 Å². The Kier molecular flexibility index (Phi) is 11.3. The van der Waals surface area contributed by atoms with E-state index in [2.05, 4.69) is 5.32 Å². The molecule has 10 nitrogen and oxygen atoms in total. The number of likely N-dealkylation sites (tertiary alicyclic amines) is 1. The number of carbonyl (C=O) groups excluding carboxylic acids is 2. The van der Waals surface area contributed by atoms with Crippen LogP contribution in [0.15, 0.2) is 29.2 Å². The highest BCUT2D eigenvalue weighted by Crippen LogP contribution is 2.18. The van der Waals surface area contributed by atoms with Crippen molar-refractivity contribution in [2.24, 2.45) is 0 Å². The SMILES string of the molecule is Cc1ccc(S(=O)(=O)N(CCCN2CCCC2=O)CCC(=O)N2CCNCC2)cc1.O=C(O)C(F)(F)F. The molecule has 2 amide bonds. The van der Waals surface area contributed by atoms with Crippen LogP contribution in [0.4, 0.5) is 13.2 Å². The van der Waals surface area contributed by atoms with E-state index in [1.54, 1.807) is 34.1 Å². The monoisotopic (exact) mass is 550 g/mol. The zero-order valence-corrected chi connectivity index (χ0v) is 21.5. The molecule has 2 aliphatic heterocycles. The lowest BCUT2D eigenvalue weighted by molar-refractivity contribution is -0.192. The van der Waals surface area contributed by atoms with Crippen molar-refractivity contribution in [3.63, 3.8) is 0 Å². The minimum Gasteiger partial charge on any atom is -0.475 e. The van der Waals surface area contributed by atoms with Gasteiger partial charge in [-0.05, 0) is 31.9 Å². The molecule has 0 radical (unpaired) electrons. The summed E-state index contributed by atoms with van der Waals surface area (Å²) in [5.74, 6) is -2.64. The Morgan fingerprint density at radius 1 is 1.08 bits per heavy atom. The maximum absolute atomic E-state index is 13.2. The molecular weight excluding hydrogens is 517 g/mol. The second-order valence-corrected chi connectivity index (χ2v) is 10.7. The van der Waals surface area contributed by atoms with Gasteiger partial charge in [-0.2, -0.15) is 17.5 Å². The van der Waals surface area contributed by atoms with Gasteiger partial charge in [0.05, 0.1) is 4.90 Å². The van der Waals surface area contributed by atoms with E-state index in [-0.39, 0.29) is 36.2 Å².